The van der Waals surface area contributed by atoms with E-state index in [2.05, 4.69) is 34.5 Å². The lowest BCUT2D eigenvalue weighted by atomic mass is 10.2. The van der Waals surface area contributed by atoms with Crippen molar-refractivity contribution in [1.82, 2.24) is 5.32 Å². The number of nitrogens with zero attached hydrogens (tertiary/aromatic N) is 2. The molecule has 2 heterocycles. The zero-order valence-corrected chi connectivity index (χ0v) is 12.5. The molecule has 0 spiro atoms. The van der Waals surface area contributed by atoms with Crippen LogP contribution >= 0.6 is 0 Å². The quantitative estimate of drug-likeness (QED) is 0.906. The molecule has 0 radical (unpaired) electrons. The van der Waals surface area contributed by atoms with Gasteiger partial charge in [-0.1, -0.05) is 6.92 Å². The van der Waals surface area contributed by atoms with E-state index in [1.165, 1.54) is 5.69 Å². The van der Waals surface area contributed by atoms with Gasteiger partial charge in [0.25, 0.3) is 0 Å². The van der Waals surface area contributed by atoms with Crippen LogP contribution in [0.4, 0.5) is 11.4 Å². The van der Waals surface area contributed by atoms with E-state index in [9.17, 15) is 4.79 Å². The van der Waals surface area contributed by atoms with Crippen LogP contribution in [0.5, 0.6) is 0 Å². The lowest BCUT2D eigenvalue weighted by molar-refractivity contribution is -0.118. The number of carbonyl (C=O) groups is 1. The van der Waals surface area contributed by atoms with E-state index >= 15 is 0 Å². The number of anilines is 2. The van der Waals surface area contributed by atoms with E-state index in [-0.39, 0.29) is 11.9 Å². The van der Waals surface area contributed by atoms with Gasteiger partial charge >= 0.3 is 0 Å². The zero-order chi connectivity index (χ0) is 14.7. The zero-order valence-electron chi connectivity index (χ0n) is 12.5. The van der Waals surface area contributed by atoms with Crippen LogP contribution in [0.3, 0.4) is 0 Å². The number of nitrogens with one attached hydrogen (secondary N) is 1. The molecule has 0 aliphatic carbocycles. The van der Waals surface area contributed by atoms with E-state index < -0.39 is 0 Å². The number of benzene rings is 1. The molecule has 2 aliphatic rings. The second-order valence-electron chi connectivity index (χ2n) is 5.50. The molecule has 5 nitrogen and oxygen atoms in total. The van der Waals surface area contributed by atoms with Crippen molar-refractivity contribution in [2.24, 2.45) is 0 Å². The summed E-state index contributed by atoms with van der Waals surface area (Å²) < 4.78 is 5.37. The first-order chi connectivity index (χ1) is 10.3. The first kappa shape index (κ1) is 14.4. The molecule has 0 bridgehead atoms. The molecule has 0 saturated carbocycles. The number of hydrogen-bond donors (Lipinski definition) is 1. The summed E-state index contributed by atoms with van der Waals surface area (Å²) in [6.07, 6.45) is 0.887. The highest BCUT2D eigenvalue weighted by atomic mass is 16.5. The lowest BCUT2D eigenvalue weighted by Gasteiger charge is -2.29. The first-order valence-corrected chi connectivity index (χ1v) is 7.77. The molecule has 5 heteroatoms. The largest absolute Gasteiger partial charge is 0.378 e. The molecule has 0 aromatic heterocycles. The molecule has 3 rings (SSSR count). The van der Waals surface area contributed by atoms with Crippen molar-refractivity contribution < 1.29 is 9.53 Å². The fourth-order valence-corrected chi connectivity index (χ4v) is 3.04. The van der Waals surface area contributed by atoms with Crippen molar-refractivity contribution in [1.29, 1.82) is 0 Å². The van der Waals surface area contributed by atoms with Crippen molar-refractivity contribution in [2.45, 2.75) is 19.4 Å². The maximum atomic E-state index is 12.3. The minimum Gasteiger partial charge on any atom is -0.378 e. The molecule has 1 amide bonds. The highest BCUT2D eigenvalue weighted by Gasteiger charge is 2.31. The van der Waals surface area contributed by atoms with E-state index in [0.717, 1.165) is 51.5 Å². The van der Waals surface area contributed by atoms with Crippen LogP contribution in [0.2, 0.25) is 0 Å². The smallest absolute Gasteiger partial charge is 0.244 e. The van der Waals surface area contributed by atoms with Gasteiger partial charge in [0.15, 0.2) is 0 Å². The van der Waals surface area contributed by atoms with Crippen molar-refractivity contribution in [3.63, 3.8) is 0 Å². The van der Waals surface area contributed by atoms with E-state index in [1.807, 2.05) is 11.8 Å². The summed E-state index contributed by atoms with van der Waals surface area (Å²) >= 11 is 0. The number of ether oxygens (including phenoxy) is 1. The van der Waals surface area contributed by atoms with Gasteiger partial charge in [-0.05, 0) is 37.2 Å². The first-order valence-electron chi connectivity index (χ1n) is 7.77. The molecule has 1 aromatic carbocycles. The Morgan fingerprint density at radius 3 is 2.48 bits per heavy atom. The van der Waals surface area contributed by atoms with E-state index in [4.69, 9.17) is 4.74 Å². The summed E-state index contributed by atoms with van der Waals surface area (Å²) in [5, 5.41) is 3.24. The van der Waals surface area contributed by atoms with Gasteiger partial charge in [-0.3, -0.25) is 4.79 Å². The fourth-order valence-electron chi connectivity index (χ4n) is 3.04. The summed E-state index contributed by atoms with van der Waals surface area (Å²) in [7, 11) is 0. The highest BCUT2D eigenvalue weighted by molar-refractivity contribution is 5.99. The van der Waals surface area contributed by atoms with Crippen molar-refractivity contribution in [3.8, 4) is 0 Å². The summed E-state index contributed by atoms with van der Waals surface area (Å²) in [6.45, 7) is 7.11. The molecular formula is C16H23N3O2. The Labute approximate surface area is 125 Å². The summed E-state index contributed by atoms with van der Waals surface area (Å²) in [5.74, 6) is 0.191. The fraction of sp³-hybridized carbons (Fsp3) is 0.562. The third kappa shape index (κ3) is 3.04. The average molecular weight is 289 g/mol. The van der Waals surface area contributed by atoms with Crippen molar-refractivity contribution >= 4 is 17.3 Å². The Balaban J connectivity index is 1.68. The monoisotopic (exact) mass is 289 g/mol. The highest BCUT2D eigenvalue weighted by Crippen LogP contribution is 2.25. The third-order valence-electron chi connectivity index (χ3n) is 4.19. The molecule has 1 N–H and O–H groups in total. The summed E-state index contributed by atoms with van der Waals surface area (Å²) in [4.78, 5) is 16.5. The second-order valence-corrected chi connectivity index (χ2v) is 5.50. The molecule has 1 aromatic rings. The Morgan fingerprint density at radius 2 is 1.81 bits per heavy atom. The molecule has 21 heavy (non-hydrogen) atoms. The number of amides is 1. The van der Waals surface area contributed by atoms with Gasteiger partial charge in [-0.15, -0.1) is 0 Å². The minimum atomic E-state index is -0.0195. The topological polar surface area (TPSA) is 44.8 Å². The number of morpholine rings is 1. The van der Waals surface area contributed by atoms with Crippen LogP contribution in [0.15, 0.2) is 24.3 Å². The molecule has 2 aliphatic heterocycles. The van der Waals surface area contributed by atoms with Crippen LogP contribution < -0.4 is 15.1 Å². The summed E-state index contributed by atoms with van der Waals surface area (Å²) in [6, 6.07) is 8.30. The van der Waals surface area contributed by atoms with Crippen LogP contribution in [0.1, 0.15) is 13.3 Å². The van der Waals surface area contributed by atoms with Gasteiger partial charge in [0.05, 0.1) is 19.3 Å². The van der Waals surface area contributed by atoms with Crippen molar-refractivity contribution in [3.05, 3.63) is 24.3 Å². The lowest BCUT2D eigenvalue weighted by Crippen LogP contribution is -2.38. The Kier molecular flexibility index (Phi) is 4.41. The maximum Gasteiger partial charge on any atom is 0.244 e. The minimum absolute atomic E-state index is 0.0195. The molecule has 2 fully saturated rings. The van der Waals surface area contributed by atoms with Crippen LogP contribution in [0.25, 0.3) is 0 Å². The van der Waals surface area contributed by atoms with Gasteiger partial charge in [-0.2, -0.15) is 0 Å². The number of hydrogen-bond acceptors (Lipinski definition) is 4. The van der Waals surface area contributed by atoms with Gasteiger partial charge < -0.3 is 19.9 Å². The van der Waals surface area contributed by atoms with Crippen LogP contribution in [0, 0.1) is 0 Å². The number of likely N-dealkylation sites (N-methyl/N-ethyl adjacent to an activating group) is 1. The van der Waals surface area contributed by atoms with Gasteiger partial charge in [0, 0.05) is 31.0 Å². The van der Waals surface area contributed by atoms with E-state index in [1.54, 1.807) is 0 Å². The Hall–Kier alpha value is -1.59. The number of carbonyl (C=O) groups excluding carboxylic acids is 1. The Bertz CT molecular complexity index is 483. The van der Waals surface area contributed by atoms with Crippen LogP contribution in [-0.4, -0.2) is 51.3 Å². The second kappa shape index (κ2) is 6.45. The SMILES string of the molecule is CCNC1CCN(c2ccc(N3CCOCC3)cc2)C1=O. The average Bonchev–Trinajstić information content (AvgIpc) is 2.90. The normalized spacial score (nSPS) is 22.9. The molecule has 1 unspecified atom stereocenters. The third-order valence-corrected chi connectivity index (χ3v) is 4.19. The standard InChI is InChI=1S/C16H23N3O2/c1-2-17-15-7-8-19(16(15)20)14-5-3-13(4-6-14)18-9-11-21-12-10-18/h3-6,15,17H,2,7-12H2,1H3. The Morgan fingerprint density at radius 1 is 1.14 bits per heavy atom. The number of rotatable bonds is 4. The van der Waals surface area contributed by atoms with Gasteiger partial charge in [0.2, 0.25) is 5.91 Å². The van der Waals surface area contributed by atoms with Gasteiger partial charge in [0.1, 0.15) is 0 Å². The van der Waals surface area contributed by atoms with Crippen molar-refractivity contribution in [2.75, 3.05) is 49.2 Å². The predicted octanol–water partition coefficient (Wildman–Crippen LogP) is 1.24. The summed E-state index contributed by atoms with van der Waals surface area (Å²) in [5.41, 5.74) is 2.20. The van der Waals surface area contributed by atoms with Gasteiger partial charge in [-0.25, -0.2) is 0 Å². The van der Waals surface area contributed by atoms with Crippen LogP contribution in [-0.2, 0) is 9.53 Å². The molecule has 1 atom stereocenters. The predicted molar refractivity (Wildman–Crippen MR) is 83.9 cm³/mol. The molecule has 114 valence electrons. The maximum absolute atomic E-state index is 12.3. The van der Waals surface area contributed by atoms with E-state index in [0.29, 0.717) is 0 Å². The molecular weight excluding hydrogens is 266 g/mol. The molecule has 2 saturated heterocycles.